The highest BCUT2D eigenvalue weighted by Gasteiger charge is 2.39. The van der Waals surface area contributed by atoms with Gasteiger partial charge in [0.15, 0.2) is 0 Å². The smallest absolute Gasteiger partial charge is 0.251 e. The molecule has 0 saturated carbocycles. The lowest BCUT2D eigenvalue weighted by Crippen LogP contribution is -2.39. The highest BCUT2D eigenvalue weighted by Crippen LogP contribution is 2.28. The van der Waals surface area contributed by atoms with Crippen molar-refractivity contribution < 1.29 is 14.3 Å². The lowest BCUT2D eigenvalue weighted by Gasteiger charge is -2.16. The van der Waals surface area contributed by atoms with Crippen molar-refractivity contribution in [3.05, 3.63) is 89.6 Å². The number of carbonyl (C=O) groups is 2. The summed E-state index contributed by atoms with van der Waals surface area (Å²) in [6, 6.07) is 21.6. The second-order valence-electron chi connectivity index (χ2n) is 7.94. The molecule has 1 aliphatic heterocycles. The summed E-state index contributed by atoms with van der Waals surface area (Å²) in [5, 5.41) is 4.99. The number of halogens is 1. The Labute approximate surface area is 196 Å². The maximum absolute atomic E-state index is 12.9. The minimum Gasteiger partial charge on any atom is -0.457 e. The summed E-state index contributed by atoms with van der Waals surface area (Å²) in [4.78, 5) is 30.0. The zero-order valence-electron chi connectivity index (χ0n) is 17.8. The number of nitrogens with one attached hydrogen (secondary N) is 2. The standard InChI is InChI=1S/C26H22ClN3O3/c27-18-6-11-23-22(14-18)17(16-29-23)12-13-28-24-15-25(31)30(26(24)32)19-7-9-21(10-8-19)33-20-4-2-1-3-5-20/h1-11,14,16,24,28-29H,12-13,15H2/t24-/m0/s1. The SMILES string of the molecule is O=C1C[C@H](NCCc2c[nH]c3ccc(Cl)cc23)C(=O)N1c1ccc(Oc2ccccc2)cc1. The third-order valence-corrected chi connectivity index (χ3v) is 5.97. The van der Waals surface area contributed by atoms with Gasteiger partial charge in [0.05, 0.1) is 18.2 Å². The highest BCUT2D eigenvalue weighted by molar-refractivity contribution is 6.31. The van der Waals surface area contributed by atoms with Gasteiger partial charge in [0.2, 0.25) is 5.91 Å². The molecule has 0 spiro atoms. The van der Waals surface area contributed by atoms with E-state index < -0.39 is 6.04 Å². The van der Waals surface area contributed by atoms with Gasteiger partial charge in [-0.1, -0.05) is 29.8 Å². The summed E-state index contributed by atoms with van der Waals surface area (Å²) >= 11 is 6.12. The quantitative estimate of drug-likeness (QED) is 0.378. The van der Waals surface area contributed by atoms with Crippen LogP contribution in [0, 0.1) is 0 Å². The largest absolute Gasteiger partial charge is 0.457 e. The molecule has 7 heteroatoms. The number of carbonyl (C=O) groups excluding carboxylic acids is 2. The number of anilines is 1. The van der Waals surface area contributed by atoms with Crippen molar-refractivity contribution in [2.45, 2.75) is 18.9 Å². The van der Waals surface area contributed by atoms with E-state index in [1.807, 2.05) is 54.7 Å². The van der Waals surface area contributed by atoms with E-state index in [4.69, 9.17) is 16.3 Å². The van der Waals surface area contributed by atoms with E-state index >= 15 is 0 Å². The van der Waals surface area contributed by atoms with Gasteiger partial charge in [-0.25, -0.2) is 4.90 Å². The Kier molecular flexibility index (Phi) is 5.86. The average Bonchev–Trinajstić information content (AvgIpc) is 3.35. The molecule has 0 aliphatic carbocycles. The molecule has 1 saturated heterocycles. The molecule has 4 aromatic rings. The van der Waals surface area contributed by atoms with E-state index in [1.165, 1.54) is 4.90 Å². The highest BCUT2D eigenvalue weighted by atomic mass is 35.5. The number of ether oxygens (including phenoxy) is 1. The molecule has 166 valence electrons. The number of para-hydroxylation sites is 1. The number of imide groups is 1. The Morgan fingerprint density at radius 3 is 2.55 bits per heavy atom. The maximum atomic E-state index is 12.9. The lowest BCUT2D eigenvalue weighted by molar-refractivity contribution is -0.121. The third kappa shape index (κ3) is 4.49. The fraction of sp³-hybridized carbons (Fsp3) is 0.154. The van der Waals surface area contributed by atoms with Gasteiger partial charge in [-0.3, -0.25) is 9.59 Å². The van der Waals surface area contributed by atoms with E-state index in [-0.39, 0.29) is 18.2 Å². The second kappa shape index (κ2) is 9.10. The van der Waals surface area contributed by atoms with Gasteiger partial charge in [0.25, 0.3) is 5.91 Å². The van der Waals surface area contributed by atoms with Crippen LogP contribution in [0.5, 0.6) is 11.5 Å². The molecule has 1 aromatic heterocycles. The van der Waals surface area contributed by atoms with E-state index in [0.29, 0.717) is 29.4 Å². The van der Waals surface area contributed by atoms with Gasteiger partial charge in [0.1, 0.15) is 11.5 Å². The molecule has 1 atom stereocenters. The van der Waals surface area contributed by atoms with Gasteiger partial charge in [-0.2, -0.15) is 0 Å². The number of aromatic amines is 1. The summed E-state index contributed by atoms with van der Waals surface area (Å²) in [7, 11) is 0. The third-order valence-electron chi connectivity index (χ3n) is 5.73. The van der Waals surface area contributed by atoms with E-state index in [2.05, 4.69) is 10.3 Å². The van der Waals surface area contributed by atoms with Crippen LogP contribution in [0.15, 0.2) is 79.0 Å². The topological polar surface area (TPSA) is 74.4 Å². The monoisotopic (exact) mass is 459 g/mol. The summed E-state index contributed by atoms with van der Waals surface area (Å²) in [5.74, 6) is 0.907. The fourth-order valence-corrected chi connectivity index (χ4v) is 4.26. The number of H-pyrrole nitrogens is 1. The normalized spacial score (nSPS) is 16.0. The van der Waals surface area contributed by atoms with Gasteiger partial charge < -0.3 is 15.0 Å². The van der Waals surface area contributed by atoms with Crippen molar-refractivity contribution in [2.75, 3.05) is 11.4 Å². The Hall–Kier alpha value is -3.61. The van der Waals surface area contributed by atoms with Crippen LogP contribution in [-0.4, -0.2) is 29.4 Å². The first-order valence-electron chi connectivity index (χ1n) is 10.8. The molecule has 1 aliphatic rings. The van der Waals surface area contributed by atoms with Gasteiger partial charge in [-0.15, -0.1) is 0 Å². The number of aromatic nitrogens is 1. The van der Waals surface area contributed by atoms with E-state index in [1.54, 1.807) is 24.3 Å². The molecule has 0 unspecified atom stereocenters. The predicted molar refractivity (Wildman–Crippen MR) is 129 cm³/mol. The lowest BCUT2D eigenvalue weighted by atomic mass is 10.1. The van der Waals surface area contributed by atoms with Crippen LogP contribution in [0.1, 0.15) is 12.0 Å². The first kappa shape index (κ1) is 21.2. The van der Waals surface area contributed by atoms with Crippen molar-refractivity contribution in [3.8, 4) is 11.5 Å². The molecule has 0 radical (unpaired) electrons. The van der Waals surface area contributed by atoms with Crippen molar-refractivity contribution in [1.29, 1.82) is 0 Å². The van der Waals surface area contributed by atoms with Crippen LogP contribution in [0.2, 0.25) is 5.02 Å². The summed E-state index contributed by atoms with van der Waals surface area (Å²) in [6.45, 7) is 0.570. The summed E-state index contributed by atoms with van der Waals surface area (Å²) in [6.07, 6.45) is 2.81. The number of rotatable bonds is 7. The van der Waals surface area contributed by atoms with Crippen molar-refractivity contribution >= 4 is 40.0 Å². The molecule has 2 N–H and O–H groups in total. The van der Waals surface area contributed by atoms with Crippen molar-refractivity contribution in [2.24, 2.45) is 0 Å². The molecular weight excluding hydrogens is 438 g/mol. The van der Waals surface area contributed by atoms with Crippen LogP contribution < -0.4 is 15.0 Å². The Bertz CT molecular complexity index is 1300. The van der Waals surface area contributed by atoms with Crippen LogP contribution in [0.3, 0.4) is 0 Å². The number of amides is 2. The molecule has 3 aromatic carbocycles. The van der Waals surface area contributed by atoms with E-state index in [0.717, 1.165) is 22.2 Å². The van der Waals surface area contributed by atoms with Crippen LogP contribution in [-0.2, 0) is 16.0 Å². The molecule has 1 fully saturated rings. The number of fused-ring (bicyclic) bond motifs is 1. The Morgan fingerprint density at radius 1 is 1.00 bits per heavy atom. The molecular formula is C26H22ClN3O3. The molecule has 0 bridgehead atoms. The van der Waals surface area contributed by atoms with Crippen LogP contribution in [0.25, 0.3) is 10.9 Å². The predicted octanol–water partition coefficient (Wildman–Crippen LogP) is 5.08. The molecule has 2 heterocycles. The molecule has 6 nitrogen and oxygen atoms in total. The number of benzene rings is 3. The molecule has 2 amide bonds. The maximum Gasteiger partial charge on any atom is 0.251 e. The van der Waals surface area contributed by atoms with Gasteiger partial charge in [0, 0.05) is 28.7 Å². The first-order chi connectivity index (χ1) is 16.1. The van der Waals surface area contributed by atoms with Crippen LogP contribution >= 0.6 is 11.6 Å². The zero-order valence-corrected chi connectivity index (χ0v) is 18.5. The van der Waals surface area contributed by atoms with Gasteiger partial charge in [-0.05, 0) is 66.6 Å². The van der Waals surface area contributed by atoms with Gasteiger partial charge >= 0.3 is 0 Å². The minimum atomic E-state index is -0.536. The average molecular weight is 460 g/mol. The van der Waals surface area contributed by atoms with Crippen molar-refractivity contribution in [1.82, 2.24) is 10.3 Å². The summed E-state index contributed by atoms with van der Waals surface area (Å²) in [5.41, 5.74) is 2.68. The first-order valence-corrected chi connectivity index (χ1v) is 11.1. The van der Waals surface area contributed by atoms with Crippen molar-refractivity contribution in [3.63, 3.8) is 0 Å². The Balaban J connectivity index is 1.21. The Morgan fingerprint density at radius 2 is 1.76 bits per heavy atom. The number of hydrogen-bond acceptors (Lipinski definition) is 4. The fourth-order valence-electron chi connectivity index (χ4n) is 4.09. The zero-order chi connectivity index (χ0) is 22.8. The van der Waals surface area contributed by atoms with Crippen LogP contribution in [0.4, 0.5) is 5.69 Å². The molecule has 5 rings (SSSR count). The minimum absolute atomic E-state index is 0.140. The number of nitrogens with zero attached hydrogens (tertiary/aromatic N) is 1. The van der Waals surface area contributed by atoms with E-state index in [9.17, 15) is 9.59 Å². The second-order valence-corrected chi connectivity index (χ2v) is 8.38. The summed E-state index contributed by atoms with van der Waals surface area (Å²) < 4.78 is 5.79. The number of hydrogen-bond donors (Lipinski definition) is 2. The molecule has 33 heavy (non-hydrogen) atoms.